The minimum Gasteiger partial charge on any atom is -0.497 e. The summed E-state index contributed by atoms with van der Waals surface area (Å²) in [6.07, 6.45) is 3.21. The molecular weight excluding hydrogens is 412 g/mol. The third-order valence-corrected chi connectivity index (χ3v) is 5.80. The fraction of sp³-hybridized carbons (Fsp3) is 0.214. The van der Waals surface area contributed by atoms with Crippen molar-refractivity contribution in [2.45, 2.75) is 33.1 Å². The highest BCUT2D eigenvalue weighted by Gasteiger charge is 2.40. The number of methoxy groups -OCH3 is 1. The molecule has 1 aliphatic rings. The number of carbonyl (C=O) groups is 2. The molecule has 0 fully saturated rings. The lowest BCUT2D eigenvalue weighted by molar-refractivity contribution is -0.120. The van der Waals surface area contributed by atoms with Gasteiger partial charge in [-0.05, 0) is 67.3 Å². The van der Waals surface area contributed by atoms with Crippen LogP contribution in [-0.4, -0.2) is 18.9 Å². The molecule has 0 atom stereocenters. The molecule has 0 saturated carbocycles. The highest BCUT2D eigenvalue weighted by Crippen LogP contribution is 2.34. The molecule has 0 aromatic heterocycles. The van der Waals surface area contributed by atoms with Crippen molar-refractivity contribution in [1.29, 1.82) is 0 Å². The zero-order chi connectivity index (χ0) is 23.4. The van der Waals surface area contributed by atoms with E-state index in [1.807, 2.05) is 79.7 Å². The van der Waals surface area contributed by atoms with Crippen LogP contribution in [0.4, 0.5) is 11.4 Å². The molecular formula is C28H28N2O3. The standard InChI is InChI=1S/C28H28N2O3/c1-4-5-6-20-9-15-23(16-10-20)30-27(31)25(21-11-7-19(2)8-12-21)26(28(30)32)29-22-13-17-24(33-3)18-14-22/h7-18,29H,4-6H2,1-3H3. The average Bonchev–Trinajstić information content (AvgIpc) is 3.08. The molecule has 5 nitrogen and oxygen atoms in total. The molecule has 4 rings (SSSR count). The number of ether oxygens (including phenoxy) is 1. The predicted molar refractivity (Wildman–Crippen MR) is 132 cm³/mol. The van der Waals surface area contributed by atoms with Crippen LogP contribution in [0, 0.1) is 6.92 Å². The second-order valence-electron chi connectivity index (χ2n) is 8.19. The number of carbonyl (C=O) groups excluding carboxylic acids is 2. The lowest BCUT2D eigenvalue weighted by Crippen LogP contribution is -2.32. The molecule has 3 aromatic rings. The maximum Gasteiger partial charge on any atom is 0.282 e. The minimum atomic E-state index is -0.368. The average molecular weight is 441 g/mol. The molecule has 0 radical (unpaired) electrons. The van der Waals surface area contributed by atoms with Gasteiger partial charge in [0, 0.05) is 5.69 Å². The highest BCUT2D eigenvalue weighted by molar-refractivity contribution is 6.46. The van der Waals surface area contributed by atoms with Crippen molar-refractivity contribution >= 4 is 28.8 Å². The zero-order valence-electron chi connectivity index (χ0n) is 19.2. The Balaban J connectivity index is 1.71. The van der Waals surface area contributed by atoms with Gasteiger partial charge in [0.2, 0.25) is 0 Å². The summed E-state index contributed by atoms with van der Waals surface area (Å²) in [5.74, 6) is 0.0146. The monoisotopic (exact) mass is 440 g/mol. The number of amides is 2. The second-order valence-corrected chi connectivity index (χ2v) is 8.19. The molecule has 2 amide bonds. The smallest absolute Gasteiger partial charge is 0.282 e. The number of anilines is 2. The predicted octanol–water partition coefficient (Wildman–Crippen LogP) is 5.74. The van der Waals surface area contributed by atoms with Gasteiger partial charge in [-0.25, -0.2) is 4.90 Å². The third kappa shape index (κ3) is 4.67. The Morgan fingerprint density at radius 2 is 1.52 bits per heavy atom. The van der Waals surface area contributed by atoms with E-state index in [2.05, 4.69) is 12.2 Å². The van der Waals surface area contributed by atoms with Crippen molar-refractivity contribution in [2.75, 3.05) is 17.3 Å². The zero-order valence-corrected chi connectivity index (χ0v) is 19.2. The van der Waals surface area contributed by atoms with Gasteiger partial charge in [-0.15, -0.1) is 0 Å². The van der Waals surface area contributed by atoms with Gasteiger partial charge in [0.15, 0.2) is 0 Å². The van der Waals surface area contributed by atoms with Crippen molar-refractivity contribution in [1.82, 2.24) is 0 Å². The summed E-state index contributed by atoms with van der Waals surface area (Å²) in [7, 11) is 1.60. The third-order valence-electron chi connectivity index (χ3n) is 5.80. The van der Waals surface area contributed by atoms with Crippen LogP contribution in [0.15, 0.2) is 78.5 Å². The lowest BCUT2D eigenvalue weighted by Gasteiger charge is -2.16. The van der Waals surface area contributed by atoms with Gasteiger partial charge in [-0.3, -0.25) is 9.59 Å². The van der Waals surface area contributed by atoms with Gasteiger partial charge in [-0.2, -0.15) is 0 Å². The number of benzene rings is 3. The summed E-state index contributed by atoms with van der Waals surface area (Å²) < 4.78 is 5.22. The molecule has 0 bridgehead atoms. The Labute approximate surface area is 194 Å². The lowest BCUT2D eigenvalue weighted by atomic mass is 10.0. The SMILES string of the molecule is CCCCc1ccc(N2C(=O)C(Nc3ccc(OC)cc3)=C(c3ccc(C)cc3)C2=O)cc1. The maximum atomic E-state index is 13.5. The fourth-order valence-electron chi connectivity index (χ4n) is 3.88. The first kappa shape index (κ1) is 22.3. The van der Waals surface area contributed by atoms with Crippen LogP contribution < -0.4 is 15.0 Å². The number of hydrogen-bond acceptors (Lipinski definition) is 4. The maximum absolute atomic E-state index is 13.5. The molecule has 0 aliphatic carbocycles. The van der Waals surface area contributed by atoms with Crippen molar-refractivity contribution in [3.05, 3.63) is 95.2 Å². The van der Waals surface area contributed by atoms with E-state index < -0.39 is 0 Å². The van der Waals surface area contributed by atoms with E-state index in [-0.39, 0.29) is 17.5 Å². The molecule has 0 saturated heterocycles. The topological polar surface area (TPSA) is 58.6 Å². The Morgan fingerprint density at radius 3 is 2.12 bits per heavy atom. The molecule has 0 unspecified atom stereocenters. The molecule has 0 spiro atoms. The number of nitrogens with one attached hydrogen (secondary N) is 1. The summed E-state index contributed by atoms with van der Waals surface area (Å²) in [6, 6.07) is 22.6. The first-order valence-electron chi connectivity index (χ1n) is 11.2. The highest BCUT2D eigenvalue weighted by atomic mass is 16.5. The first-order chi connectivity index (χ1) is 16.0. The van der Waals surface area contributed by atoms with E-state index in [1.165, 1.54) is 10.5 Å². The minimum absolute atomic E-state index is 0.268. The summed E-state index contributed by atoms with van der Waals surface area (Å²) >= 11 is 0. The van der Waals surface area contributed by atoms with Crippen LogP contribution in [0.1, 0.15) is 36.5 Å². The van der Waals surface area contributed by atoms with Crippen LogP contribution in [-0.2, 0) is 16.0 Å². The summed E-state index contributed by atoms with van der Waals surface area (Å²) in [6.45, 7) is 4.15. The van der Waals surface area contributed by atoms with Crippen molar-refractivity contribution in [3.63, 3.8) is 0 Å². The number of imide groups is 1. The number of hydrogen-bond donors (Lipinski definition) is 1. The van der Waals surface area contributed by atoms with Gasteiger partial charge in [0.25, 0.3) is 11.8 Å². The van der Waals surface area contributed by atoms with Crippen LogP contribution >= 0.6 is 0 Å². The van der Waals surface area contributed by atoms with Crippen LogP contribution in [0.3, 0.4) is 0 Å². The molecule has 1 aliphatic heterocycles. The number of aryl methyl sites for hydroxylation is 2. The van der Waals surface area contributed by atoms with Gasteiger partial charge in [0.05, 0.1) is 18.4 Å². The van der Waals surface area contributed by atoms with E-state index in [0.29, 0.717) is 28.3 Å². The van der Waals surface area contributed by atoms with Crippen LogP contribution in [0.2, 0.25) is 0 Å². The summed E-state index contributed by atoms with van der Waals surface area (Å²) in [4.78, 5) is 28.3. The Bertz CT molecular complexity index is 1180. The van der Waals surface area contributed by atoms with Gasteiger partial charge >= 0.3 is 0 Å². The number of nitrogens with zero attached hydrogens (tertiary/aromatic N) is 1. The van der Waals surface area contributed by atoms with Crippen molar-refractivity contribution in [3.8, 4) is 5.75 Å². The number of unbranched alkanes of at least 4 members (excludes halogenated alkanes) is 1. The summed E-state index contributed by atoms with van der Waals surface area (Å²) in [5.41, 5.74) is 4.89. The van der Waals surface area contributed by atoms with E-state index >= 15 is 0 Å². The Kier molecular flexibility index (Phi) is 6.59. The fourth-order valence-corrected chi connectivity index (χ4v) is 3.88. The Morgan fingerprint density at radius 1 is 0.848 bits per heavy atom. The van der Waals surface area contributed by atoms with E-state index in [4.69, 9.17) is 4.74 Å². The quantitative estimate of drug-likeness (QED) is 0.454. The number of rotatable bonds is 8. The normalized spacial score (nSPS) is 13.6. The van der Waals surface area contributed by atoms with Crippen molar-refractivity contribution in [2.24, 2.45) is 0 Å². The Hall–Kier alpha value is -3.86. The van der Waals surface area contributed by atoms with E-state index in [9.17, 15) is 9.59 Å². The van der Waals surface area contributed by atoms with Crippen LogP contribution in [0.25, 0.3) is 5.57 Å². The molecule has 1 heterocycles. The molecule has 168 valence electrons. The van der Waals surface area contributed by atoms with Gasteiger partial charge in [-0.1, -0.05) is 55.3 Å². The second kappa shape index (κ2) is 9.74. The van der Waals surface area contributed by atoms with E-state index in [0.717, 1.165) is 24.8 Å². The van der Waals surface area contributed by atoms with E-state index in [1.54, 1.807) is 7.11 Å². The van der Waals surface area contributed by atoms with Crippen molar-refractivity contribution < 1.29 is 14.3 Å². The van der Waals surface area contributed by atoms with Gasteiger partial charge in [0.1, 0.15) is 11.4 Å². The molecule has 1 N–H and O–H groups in total. The van der Waals surface area contributed by atoms with Crippen LogP contribution in [0.5, 0.6) is 5.75 Å². The largest absolute Gasteiger partial charge is 0.497 e. The molecule has 33 heavy (non-hydrogen) atoms. The first-order valence-corrected chi connectivity index (χ1v) is 11.2. The molecule has 3 aromatic carbocycles. The summed E-state index contributed by atoms with van der Waals surface area (Å²) in [5, 5.41) is 3.19. The molecule has 5 heteroatoms. The van der Waals surface area contributed by atoms with Gasteiger partial charge < -0.3 is 10.1 Å².